The van der Waals surface area contributed by atoms with E-state index in [1.165, 1.54) is 6.20 Å². The van der Waals surface area contributed by atoms with Crippen molar-refractivity contribution in [3.8, 4) is 0 Å². The van der Waals surface area contributed by atoms with Crippen LogP contribution in [0.5, 0.6) is 0 Å². The fourth-order valence-electron chi connectivity index (χ4n) is 3.87. The number of carbonyl (C=O) groups is 2. The average molecular weight is 515 g/mol. The number of nitrogens with two attached hydrogens (primary N) is 1. The molecule has 4 rings (SSSR count). The normalized spacial score (nSPS) is 17.0. The Labute approximate surface area is 211 Å². The van der Waals surface area contributed by atoms with Gasteiger partial charge >= 0.3 is 6.18 Å². The van der Waals surface area contributed by atoms with Gasteiger partial charge in [0.1, 0.15) is 4.99 Å². The summed E-state index contributed by atoms with van der Waals surface area (Å²) in [5.41, 5.74) is 6.73. The van der Waals surface area contributed by atoms with Crippen LogP contribution in [0, 0.1) is 0 Å². The van der Waals surface area contributed by atoms with E-state index in [4.69, 9.17) is 18.0 Å². The first-order valence-corrected chi connectivity index (χ1v) is 11.9. The number of hydrogen-bond donors (Lipinski definition) is 3. The molecule has 2 aromatic carbocycles. The molecule has 188 valence electrons. The number of thiocarbonyl (C=S) groups is 1. The zero-order chi connectivity index (χ0) is 25.9. The van der Waals surface area contributed by atoms with Gasteiger partial charge in [-0.05, 0) is 60.6 Å². The summed E-state index contributed by atoms with van der Waals surface area (Å²) in [4.78, 5) is 26.7. The number of nitrogens with one attached hydrogen (secondary N) is 2. The monoisotopic (exact) mass is 514 g/mol. The Bertz CT molecular complexity index is 1250. The lowest BCUT2D eigenvalue weighted by atomic mass is 9.94. The number of carbonyl (C=O) groups excluding carboxylic acids is 2. The molecular weight excluding hydrogens is 489 g/mol. The van der Waals surface area contributed by atoms with Crippen molar-refractivity contribution >= 4 is 41.2 Å². The number of alkyl halides is 3. The number of allylic oxidation sites excluding steroid dienone is 1. The van der Waals surface area contributed by atoms with Gasteiger partial charge in [-0.2, -0.15) is 13.2 Å². The summed E-state index contributed by atoms with van der Waals surface area (Å²) in [5, 5.41) is 5.74. The molecule has 36 heavy (non-hydrogen) atoms. The van der Waals surface area contributed by atoms with Gasteiger partial charge in [0.15, 0.2) is 0 Å². The van der Waals surface area contributed by atoms with Gasteiger partial charge in [0.05, 0.1) is 17.1 Å². The molecule has 0 atom stereocenters. The summed E-state index contributed by atoms with van der Waals surface area (Å²) < 4.78 is 41.5. The fraction of sp³-hybridized carbons (Fsp3) is 0.308. The van der Waals surface area contributed by atoms with Crippen LogP contribution in [0.4, 0.5) is 13.2 Å². The predicted octanol–water partition coefficient (Wildman–Crippen LogP) is 4.01. The number of nitrogens with zero attached hydrogens (tertiary/aromatic N) is 1. The summed E-state index contributed by atoms with van der Waals surface area (Å²) in [6.07, 6.45) is 1.57. The Balaban J connectivity index is 1.64. The topological polar surface area (TPSA) is 96.6 Å². The molecule has 2 aromatic rings. The van der Waals surface area contributed by atoms with Gasteiger partial charge in [-0.15, -0.1) is 0 Å². The highest BCUT2D eigenvalue weighted by atomic mass is 32.1. The quantitative estimate of drug-likeness (QED) is 0.203. The van der Waals surface area contributed by atoms with E-state index in [1.54, 1.807) is 36.5 Å². The van der Waals surface area contributed by atoms with E-state index < -0.39 is 23.2 Å². The number of hydrogen-bond acceptors (Lipinski definition) is 5. The molecule has 0 radical (unpaired) electrons. The zero-order valence-electron chi connectivity index (χ0n) is 19.3. The molecule has 2 aliphatic carbocycles. The SMILES string of the molecule is N/C=C(\C=NC1CC1)c1cc(C(F)(F)F)cc(C2(NC(=S)c3ccccc3CNC(=O)C=O)CC2)c1. The average Bonchev–Trinajstić information content (AvgIpc) is 3.79. The van der Waals surface area contributed by atoms with E-state index >= 15 is 0 Å². The summed E-state index contributed by atoms with van der Waals surface area (Å²) >= 11 is 5.63. The van der Waals surface area contributed by atoms with Crippen LogP contribution in [-0.4, -0.2) is 29.4 Å². The standard InChI is InChI=1S/C26H25F3N4O2S/c27-26(28,29)20-10-17(18(12-30)14-31-21-5-6-21)9-19(11-20)25(7-8-25)33-24(36)22-4-2-1-3-16(22)13-32-23(35)15-34/h1-4,9-12,14-15,21H,5-8,13,30H2,(H,32,35)(H,33,36)/b18-12+,31-14?. The van der Waals surface area contributed by atoms with Gasteiger partial charge in [-0.25, -0.2) is 0 Å². The second kappa shape index (κ2) is 10.2. The lowest BCUT2D eigenvalue weighted by molar-refractivity contribution is -0.137. The Morgan fingerprint density at radius 3 is 2.53 bits per heavy atom. The molecule has 0 bridgehead atoms. The third-order valence-electron chi connectivity index (χ3n) is 6.22. The number of aliphatic imine (C=N–C) groups is 1. The van der Waals surface area contributed by atoms with Gasteiger partial charge < -0.3 is 16.4 Å². The van der Waals surface area contributed by atoms with Crippen LogP contribution < -0.4 is 16.4 Å². The van der Waals surface area contributed by atoms with Crippen LogP contribution in [0.2, 0.25) is 0 Å². The highest BCUT2D eigenvalue weighted by Crippen LogP contribution is 2.48. The lowest BCUT2D eigenvalue weighted by Crippen LogP contribution is -2.35. The molecule has 2 saturated carbocycles. The van der Waals surface area contributed by atoms with Crippen molar-refractivity contribution in [2.24, 2.45) is 10.7 Å². The molecule has 0 saturated heterocycles. The maximum Gasteiger partial charge on any atom is 0.416 e. The Kier molecular flexibility index (Phi) is 7.26. The van der Waals surface area contributed by atoms with Gasteiger partial charge in [0.25, 0.3) is 5.91 Å². The van der Waals surface area contributed by atoms with Crippen molar-refractivity contribution < 1.29 is 22.8 Å². The smallest absolute Gasteiger partial charge is 0.404 e. The van der Waals surface area contributed by atoms with E-state index in [0.29, 0.717) is 45.7 Å². The van der Waals surface area contributed by atoms with Crippen LogP contribution in [0.15, 0.2) is 53.7 Å². The molecule has 0 unspecified atom stereocenters. The molecule has 1 amide bonds. The maximum absolute atomic E-state index is 13.8. The largest absolute Gasteiger partial charge is 0.416 e. The first kappa shape index (κ1) is 25.6. The molecule has 4 N–H and O–H groups in total. The first-order chi connectivity index (χ1) is 17.1. The van der Waals surface area contributed by atoms with Crippen molar-refractivity contribution in [1.82, 2.24) is 10.6 Å². The molecular formula is C26H25F3N4O2S. The van der Waals surface area contributed by atoms with Crippen molar-refractivity contribution in [1.29, 1.82) is 0 Å². The second-order valence-electron chi connectivity index (χ2n) is 8.96. The lowest BCUT2D eigenvalue weighted by Gasteiger charge is -2.23. The van der Waals surface area contributed by atoms with E-state index in [-0.39, 0.29) is 18.9 Å². The Morgan fingerprint density at radius 2 is 1.92 bits per heavy atom. The van der Waals surface area contributed by atoms with Crippen molar-refractivity contribution in [2.45, 2.75) is 50.0 Å². The van der Waals surface area contributed by atoms with Gasteiger partial charge in [0, 0.05) is 30.1 Å². The molecule has 10 heteroatoms. The van der Waals surface area contributed by atoms with Gasteiger partial charge in [0.2, 0.25) is 6.29 Å². The van der Waals surface area contributed by atoms with E-state index in [1.807, 2.05) is 0 Å². The van der Waals surface area contributed by atoms with E-state index in [2.05, 4.69) is 15.6 Å². The first-order valence-electron chi connectivity index (χ1n) is 11.5. The number of benzene rings is 2. The minimum absolute atomic E-state index is 0.0846. The summed E-state index contributed by atoms with van der Waals surface area (Å²) in [6.45, 7) is 0.0846. The molecule has 2 aliphatic rings. The molecule has 0 aromatic heterocycles. The molecule has 2 fully saturated rings. The molecule has 0 heterocycles. The Hall–Kier alpha value is -3.53. The maximum atomic E-state index is 13.8. The molecule has 0 spiro atoms. The van der Waals surface area contributed by atoms with Crippen molar-refractivity contribution in [3.05, 3.63) is 76.5 Å². The summed E-state index contributed by atoms with van der Waals surface area (Å²) in [6, 6.07) is 11.2. The number of aldehydes is 1. The van der Waals surface area contributed by atoms with E-state index in [0.717, 1.165) is 25.0 Å². The minimum atomic E-state index is -4.54. The van der Waals surface area contributed by atoms with Crippen LogP contribution in [0.3, 0.4) is 0 Å². The molecule has 0 aliphatic heterocycles. The van der Waals surface area contributed by atoms with Crippen molar-refractivity contribution in [2.75, 3.05) is 0 Å². The van der Waals surface area contributed by atoms with Crippen LogP contribution in [0.1, 0.15) is 53.5 Å². The minimum Gasteiger partial charge on any atom is -0.404 e. The summed E-state index contributed by atoms with van der Waals surface area (Å²) in [7, 11) is 0. The van der Waals surface area contributed by atoms with Crippen LogP contribution >= 0.6 is 12.2 Å². The third-order valence-corrected chi connectivity index (χ3v) is 6.54. The fourth-order valence-corrected chi connectivity index (χ4v) is 4.27. The van der Waals surface area contributed by atoms with Crippen molar-refractivity contribution in [3.63, 3.8) is 0 Å². The van der Waals surface area contributed by atoms with E-state index in [9.17, 15) is 22.8 Å². The van der Waals surface area contributed by atoms with Gasteiger partial charge in [-0.3, -0.25) is 14.6 Å². The molecule has 6 nitrogen and oxygen atoms in total. The Morgan fingerprint density at radius 1 is 1.19 bits per heavy atom. The highest BCUT2D eigenvalue weighted by Gasteiger charge is 2.46. The van der Waals surface area contributed by atoms with Gasteiger partial charge in [-0.1, -0.05) is 36.5 Å². The highest BCUT2D eigenvalue weighted by molar-refractivity contribution is 7.80. The number of halogens is 3. The summed E-state index contributed by atoms with van der Waals surface area (Å²) in [5.74, 6) is -0.757. The predicted molar refractivity (Wildman–Crippen MR) is 135 cm³/mol. The van der Waals surface area contributed by atoms with Crippen LogP contribution in [-0.2, 0) is 27.8 Å². The second-order valence-corrected chi connectivity index (χ2v) is 9.37. The third kappa shape index (κ3) is 5.99. The zero-order valence-corrected chi connectivity index (χ0v) is 20.1. The van der Waals surface area contributed by atoms with Crippen LogP contribution in [0.25, 0.3) is 5.57 Å². The number of rotatable bonds is 9. The number of amides is 1.